The monoisotopic (exact) mass is 378 g/mol. The molecule has 0 saturated carbocycles. The smallest absolute Gasteiger partial charge is 0.170 e. The van der Waals surface area contributed by atoms with E-state index in [4.69, 9.17) is 33.3 Å². The van der Waals surface area contributed by atoms with Crippen molar-refractivity contribution in [3.05, 3.63) is 52.0 Å². The highest BCUT2D eigenvalue weighted by Gasteiger charge is 2.11. The standard InChI is InChI=1S/C19H23ClN2O2S/c1-12-5-6-14(13(2)9-12)7-8-21-19(25)22-16-11-17(23-3)15(20)10-18(16)24-4/h5-6,9-11H,7-8H2,1-4H3,(H2,21,22,25). The van der Waals surface area contributed by atoms with Crippen LogP contribution in [0.3, 0.4) is 0 Å². The molecule has 0 heterocycles. The van der Waals surface area contributed by atoms with Crippen LogP contribution in [0.25, 0.3) is 0 Å². The lowest BCUT2D eigenvalue weighted by Gasteiger charge is -2.15. The number of benzene rings is 2. The molecule has 0 spiro atoms. The first kappa shape index (κ1) is 19.3. The summed E-state index contributed by atoms with van der Waals surface area (Å²) < 4.78 is 10.6. The van der Waals surface area contributed by atoms with Gasteiger partial charge in [-0.15, -0.1) is 0 Å². The van der Waals surface area contributed by atoms with Crippen LogP contribution in [0.2, 0.25) is 5.02 Å². The van der Waals surface area contributed by atoms with Gasteiger partial charge in [0.2, 0.25) is 0 Å². The van der Waals surface area contributed by atoms with Crippen molar-refractivity contribution in [3.63, 3.8) is 0 Å². The zero-order chi connectivity index (χ0) is 18.4. The van der Waals surface area contributed by atoms with Gasteiger partial charge in [-0.25, -0.2) is 0 Å². The second-order valence-electron chi connectivity index (χ2n) is 5.75. The van der Waals surface area contributed by atoms with E-state index >= 15 is 0 Å². The summed E-state index contributed by atoms with van der Waals surface area (Å²) in [4.78, 5) is 0. The number of anilines is 1. The second kappa shape index (κ2) is 8.92. The van der Waals surface area contributed by atoms with Crippen LogP contribution < -0.4 is 20.1 Å². The molecule has 0 aliphatic heterocycles. The third-order valence-electron chi connectivity index (χ3n) is 3.90. The average Bonchev–Trinajstić information content (AvgIpc) is 2.58. The molecule has 0 atom stereocenters. The Kier molecular flexibility index (Phi) is 6.91. The van der Waals surface area contributed by atoms with E-state index in [1.54, 1.807) is 26.4 Å². The van der Waals surface area contributed by atoms with Crippen molar-refractivity contribution in [2.24, 2.45) is 0 Å². The zero-order valence-electron chi connectivity index (χ0n) is 14.9. The third kappa shape index (κ3) is 5.25. The lowest BCUT2D eigenvalue weighted by atomic mass is 10.0. The highest BCUT2D eigenvalue weighted by molar-refractivity contribution is 7.80. The first-order valence-corrected chi connectivity index (χ1v) is 8.75. The number of methoxy groups -OCH3 is 2. The normalized spacial score (nSPS) is 10.3. The van der Waals surface area contributed by atoms with Gasteiger partial charge in [0.25, 0.3) is 0 Å². The number of aryl methyl sites for hydroxylation is 2. The van der Waals surface area contributed by atoms with Gasteiger partial charge in [-0.2, -0.15) is 0 Å². The molecule has 134 valence electrons. The van der Waals surface area contributed by atoms with Crippen molar-refractivity contribution in [3.8, 4) is 11.5 Å². The fourth-order valence-electron chi connectivity index (χ4n) is 2.56. The molecule has 2 rings (SSSR count). The Hall–Kier alpha value is -1.98. The van der Waals surface area contributed by atoms with Gasteiger partial charge in [0.05, 0.1) is 24.9 Å². The Bertz CT molecular complexity index is 765. The molecule has 0 aliphatic carbocycles. The van der Waals surface area contributed by atoms with Crippen LogP contribution in [0.4, 0.5) is 5.69 Å². The molecule has 0 fully saturated rings. The van der Waals surface area contributed by atoms with Crippen molar-refractivity contribution >= 4 is 34.6 Å². The number of thiocarbonyl (C=S) groups is 1. The molecule has 0 bridgehead atoms. The maximum Gasteiger partial charge on any atom is 0.170 e. The minimum atomic E-state index is 0.485. The van der Waals surface area contributed by atoms with Gasteiger partial charge < -0.3 is 20.1 Å². The molecular weight excluding hydrogens is 356 g/mol. The van der Waals surface area contributed by atoms with Gasteiger partial charge in [0.1, 0.15) is 11.5 Å². The molecule has 0 aromatic heterocycles. The Balaban J connectivity index is 1.96. The third-order valence-corrected chi connectivity index (χ3v) is 4.44. The number of ether oxygens (including phenoxy) is 2. The maximum atomic E-state index is 6.11. The van der Waals surface area contributed by atoms with Crippen LogP contribution in [0.5, 0.6) is 11.5 Å². The molecule has 2 aromatic rings. The number of halogens is 1. The molecular formula is C19H23ClN2O2S. The largest absolute Gasteiger partial charge is 0.495 e. The lowest BCUT2D eigenvalue weighted by Crippen LogP contribution is -2.30. The second-order valence-corrected chi connectivity index (χ2v) is 6.56. The molecule has 0 radical (unpaired) electrons. The molecule has 2 aromatic carbocycles. The van der Waals surface area contributed by atoms with Crippen LogP contribution >= 0.6 is 23.8 Å². The topological polar surface area (TPSA) is 42.5 Å². The SMILES string of the molecule is COc1cc(NC(=S)NCCc2ccc(C)cc2C)c(OC)cc1Cl. The Morgan fingerprint density at radius 2 is 1.80 bits per heavy atom. The minimum absolute atomic E-state index is 0.485. The highest BCUT2D eigenvalue weighted by Crippen LogP contribution is 2.35. The van der Waals surface area contributed by atoms with E-state index in [1.807, 2.05) is 0 Å². The van der Waals surface area contributed by atoms with Crippen LogP contribution in [0.15, 0.2) is 30.3 Å². The summed E-state index contributed by atoms with van der Waals surface area (Å²) in [6.45, 7) is 4.97. The predicted molar refractivity (Wildman–Crippen MR) is 108 cm³/mol. The van der Waals surface area contributed by atoms with Crippen LogP contribution in [0, 0.1) is 13.8 Å². The van der Waals surface area contributed by atoms with Crippen LogP contribution in [0.1, 0.15) is 16.7 Å². The van der Waals surface area contributed by atoms with E-state index in [2.05, 4.69) is 42.7 Å². The predicted octanol–water partition coefficient (Wildman–Crippen LogP) is 4.50. The average molecular weight is 379 g/mol. The van der Waals surface area contributed by atoms with Crippen LogP contribution in [-0.2, 0) is 6.42 Å². The molecule has 0 unspecified atom stereocenters. The number of rotatable bonds is 6. The Morgan fingerprint density at radius 1 is 1.08 bits per heavy atom. The highest BCUT2D eigenvalue weighted by atomic mass is 35.5. The number of nitrogens with one attached hydrogen (secondary N) is 2. The van der Waals surface area contributed by atoms with E-state index in [9.17, 15) is 0 Å². The summed E-state index contributed by atoms with van der Waals surface area (Å²) in [5.41, 5.74) is 4.58. The quantitative estimate of drug-likeness (QED) is 0.724. The first-order chi connectivity index (χ1) is 11.9. The van der Waals surface area contributed by atoms with E-state index in [0.717, 1.165) is 13.0 Å². The van der Waals surface area contributed by atoms with Crippen LogP contribution in [-0.4, -0.2) is 25.9 Å². The summed E-state index contributed by atoms with van der Waals surface area (Å²) in [6.07, 6.45) is 0.898. The molecule has 0 saturated heterocycles. The van der Waals surface area contributed by atoms with E-state index in [1.165, 1.54) is 16.7 Å². The van der Waals surface area contributed by atoms with Crippen molar-refractivity contribution in [2.75, 3.05) is 26.1 Å². The van der Waals surface area contributed by atoms with Crippen molar-refractivity contribution in [1.82, 2.24) is 5.32 Å². The van der Waals surface area contributed by atoms with Gasteiger partial charge in [0.15, 0.2) is 5.11 Å². The molecule has 25 heavy (non-hydrogen) atoms. The van der Waals surface area contributed by atoms with Gasteiger partial charge in [-0.05, 0) is 43.6 Å². The summed E-state index contributed by atoms with van der Waals surface area (Å²) in [5, 5.41) is 7.35. The summed E-state index contributed by atoms with van der Waals surface area (Å²) in [7, 11) is 3.15. The Morgan fingerprint density at radius 3 is 2.44 bits per heavy atom. The van der Waals surface area contributed by atoms with Gasteiger partial charge >= 0.3 is 0 Å². The van der Waals surface area contributed by atoms with Gasteiger partial charge in [-0.3, -0.25) is 0 Å². The maximum absolute atomic E-state index is 6.11. The van der Waals surface area contributed by atoms with E-state index in [0.29, 0.717) is 27.3 Å². The van der Waals surface area contributed by atoms with Crippen molar-refractivity contribution < 1.29 is 9.47 Å². The van der Waals surface area contributed by atoms with E-state index < -0.39 is 0 Å². The molecule has 2 N–H and O–H groups in total. The van der Waals surface area contributed by atoms with E-state index in [-0.39, 0.29) is 0 Å². The number of hydrogen-bond acceptors (Lipinski definition) is 3. The summed E-state index contributed by atoms with van der Waals surface area (Å²) in [6, 6.07) is 9.94. The summed E-state index contributed by atoms with van der Waals surface area (Å²) >= 11 is 11.5. The zero-order valence-corrected chi connectivity index (χ0v) is 16.5. The first-order valence-electron chi connectivity index (χ1n) is 7.97. The molecule has 4 nitrogen and oxygen atoms in total. The van der Waals surface area contributed by atoms with Crippen molar-refractivity contribution in [1.29, 1.82) is 0 Å². The summed E-state index contributed by atoms with van der Waals surface area (Å²) in [5.74, 6) is 1.16. The fraction of sp³-hybridized carbons (Fsp3) is 0.316. The molecule has 0 aliphatic rings. The van der Waals surface area contributed by atoms with Gasteiger partial charge in [-0.1, -0.05) is 35.4 Å². The Labute approximate surface area is 159 Å². The lowest BCUT2D eigenvalue weighted by molar-refractivity contribution is 0.405. The van der Waals surface area contributed by atoms with Gasteiger partial charge in [0, 0.05) is 18.7 Å². The molecule has 6 heteroatoms. The molecule has 0 amide bonds. The fourth-order valence-corrected chi connectivity index (χ4v) is 3.00. The van der Waals surface area contributed by atoms with Crippen molar-refractivity contribution in [2.45, 2.75) is 20.3 Å². The number of hydrogen-bond donors (Lipinski definition) is 2. The minimum Gasteiger partial charge on any atom is -0.495 e.